The minimum Gasteiger partial charge on any atom is -0.496 e. The van der Waals surface area contributed by atoms with Gasteiger partial charge in [-0.25, -0.2) is 9.78 Å². The zero-order chi connectivity index (χ0) is 25.5. The minimum absolute atomic E-state index is 0.0849. The number of nitrogens with zero attached hydrogens (tertiary/aromatic N) is 2. The quantitative estimate of drug-likeness (QED) is 0.410. The Hall–Kier alpha value is -2.86. The van der Waals surface area contributed by atoms with Crippen LogP contribution in [0.5, 0.6) is 5.75 Å². The van der Waals surface area contributed by atoms with Gasteiger partial charge in [0.15, 0.2) is 5.82 Å². The first-order valence-electron chi connectivity index (χ1n) is 10.5. The van der Waals surface area contributed by atoms with Crippen molar-refractivity contribution in [3.63, 3.8) is 0 Å². The number of alkyl halides is 3. The molecule has 1 amide bonds. The Morgan fingerprint density at radius 3 is 2.63 bits per heavy atom. The number of esters is 1. The molecule has 7 nitrogen and oxygen atoms in total. The predicted octanol–water partition coefficient (Wildman–Crippen LogP) is 5.22. The summed E-state index contributed by atoms with van der Waals surface area (Å²) in [6.45, 7) is 1.35. The first kappa shape index (κ1) is 25.2. The summed E-state index contributed by atoms with van der Waals surface area (Å²) in [5.41, 5.74) is 0.683. The number of amides is 1. The maximum absolute atomic E-state index is 13.3. The summed E-state index contributed by atoms with van der Waals surface area (Å²) in [6.07, 6.45) is -5.75. The van der Waals surface area contributed by atoms with Crippen molar-refractivity contribution in [1.82, 2.24) is 14.9 Å². The summed E-state index contributed by atoms with van der Waals surface area (Å²) >= 11 is 4.92. The van der Waals surface area contributed by atoms with Gasteiger partial charge < -0.3 is 19.4 Å². The fourth-order valence-corrected chi connectivity index (χ4v) is 5.43. The third-order valence-corrected chi connectivity index (χ3v) is 7.24. The van der Waals surface area contributed by atoms with E-state index in [1.165, 1.54) is 11.3 Å². The number of benzene rings is 1. The summed E-state index contributed by atoms with van der Waals surface area (Å²) in [4.78, 5) is 30.9. The van der Waals surface area contributed by atoms with Crippen LogP contribution in [0.4, 0.5) is 13.2 Å². The molecule has 1 N–H and O–H groups in total. The predicted molar refractivity (Wildman–Crippen MR) is 127 cm³/mol. The van der Waals surface area contributed by atoms with Gasteiger partial charge in [-0.05, 0) is 58.4 Å². The number of aromatic nitrogens is 2. The van der Waals surface area contributed by atoms with Crippen LogP contribution < -0.4 is 10.1 Å². The van der Waals surface area contributed by atoms with Crippen molar-refractivity contribution in [3.8, 4) is 27.6 Å². The molecule has 35 heavy (non-hydrogen) atoms. The smallest absolute Gasteiger partial charge is 0.391 e. The lowest BCUT2D eigenvalue weighted by atomic mass is 9.96. The van der Waals surface area contributed by atoms with Gasteiger partial charge in [-0.2, -0.15) is 13.2 Å². The van der Waals surface area contributed by atoms with Crippen LogP contribution in [-0.4, -0.2) is 47.4 Å². The van der Waals surface area contributed by atoms with Gasteiger partial charge in [0.1, 0.15) is 17.0 Å². The molecule has 0 aliphatic carbocycles. The molecule has 0 spiro atoms. The minimum atomic E-state index is -4.71. The monoisotopic (exact) mass is 571 g/mol. The largest absolute Gasteiger partial charge is 0.496 e. The number of aryl methyl sites for hydroxylation is 1. The Balaban J connectivity index is 1.83. The number of fused-ring (bicyclic) bond motifs is 3. The van der Waals surface area contributed by atoms with E-state index in [2.05, 4.69) is 31.0 Å². The van der Waals surface area contributed by atoms with Crippen molar-refractivity contribution in [1.29, 1.82) is 0 Å². The number of imidazole rings is 1. The molecule has 0 unspecified atom stereocenters. The van der Waals surface area contributed by atoms with Crippen molar-refractivity contribution in [2.75, 3.05) is 14.2 Å². The molecular formula is C23H21BrF3N3O4S. The number of rotatable bonds is 6. The Kier molecular flexibility index (Phi) is 6.71. The lowest BCUT2D eigenvalue weighted by Crippen LogP contribution is -2.55. The van der Waals surface area contributed by atoms with E-state index in [9.17, 15) is 22.8 Å². The van der Waals surface area contributed by atoms with Gasteiger partial charge in [0.25, 0.3) is 5.91 Å². The lowest BCUT2D eigenvalue weighted by Gasteiger charge is -2.29. The second-order valence-corrected chi connectivity index (χ2v) is 10.0. The highest BCUT2D eigenvalue weighted by molar-refractivity contribution is 9.10. The van der Waals surface area contributed by atoms with Crippen LogP contribution in [0.1, 0.15) is 29.5 Å². The Labute approximate surface area is 211 Å². The van der Waals surface area contributed by atoms with Gasteiger partial charge in [0.05, 0.1) is 35.7 Å². The zero-order valence-corrected chi connectivity index (χ0v) is 21.4. The number of nitrogens with one attached hydrogen (secondary N) is 1. The summed E-state index contributed by atoms with van der Waals surface area (Å²) in [5.74, 6) is -1.53. The SMILES string of the molecule is COC(=O)[C@](C)(CC(F)(F)F)NC(=O)c1nc(-c2cccs2)c2n1CCc1cc(OC)c(Br)cc1-2. The van der Waals surface area contributed by atoms with E-state index in [0.29, 0.717) is 34.6 Å². The molecule has 0 radical (unpaired) electrons. The molecule has 0 bridgehead atoms. The Morgan fingerprint density at radius 2 is 2.03 bits per heavy atom. The van der Waals surface area contributed by atoms with Gasteiger partial charge in [0, 0.05) is 12.1 Å². The maximum Gasteiger partial charge on any atom is 0.391 e. The van der Waals surface area contributed by atoms with Crippen LogP contribution in [-0.2, 0) is 22.5 Å². The van der Waals surface area contributed by atoms with Crippen molar-refractivity contribution in [2.45, 2.75) is 38.0 Å². The molecule has 186 valence electrons. The maximum atomic E-state index is 13.3. The molecule has 1 aliphatic rings. The van der Waals surface area contributed by atoms with Crippen LogP contribution >= 0.6 is 27.3 Å². The van der Waals surface area contributed by atoms with Gasteiger partial charge in [-0.15, -0.1) is 11.3 Å². The molecule has 2 aromatic heterocycles. The molecule has 0 saturated heterocycles. The summed E-state index contributed by atoms with van der Waals surface area (Å²) in [6, 6.07) is 7.48. The van der Waals surface area contributed by atoms with E-state index in [1.54, 1.807) is 11.7 Å². The summed E-state index contributed by atoms with van der Waals surface area (Å²) in [5, 5.41) is 4.10. The Bertz CT molecular complexity index is 1290. The standard InChI is InChI=1S/C23H21BrF3N3O4S/c1-22(21(32)34-3,11-23(25,26)27)29-20(31)19-28-17(16-5-4-8-35-16)18-13-10-14(24)15(33-2)9-12(13)6-7-30(18)19/h4-5,8-10H,6-7,11H2,1-3H3,(H,29,31)/t22-/m0/s1. The first-order valence-corrected chi connectivity index (χ1v) is 12.1. The number of carbonyl (C=O) groups excluding carboxylic acids is 2. The van der Waals surface area contributed by atoms with Gasteiger partial charge in [-0.1, -0.05) is 6.07 Å². The van der Waals surface area contributed by atoms with Crippen LogP contribution in [0.15, 0.2) is 34.1 Å². The third kappa shape index (κ3) is 4.81. The number of methoxy groups -OCH3 is 2. The topological polar surface area (TPSA) is 82.5 Å². The average molecular weight is 572 g/mol. The van der Waals surface area contributed by atoms with Crippen LogP contribution in [0.25, 0.3) is 21.8 Å². The van der Waals surface area contributed by atoms with Crippen LogP contribution in [0, 0.1) is 0 Å². The van der Waals surface area contributed by atoms with E-state index in [-0.39, 0.29) is 5.82 Å². The number of hydrogen-bond acceptors (Lipinski definition) is 6. The van der Waals surface area contributed by atoms with E-state index in [1.807, 2.05) is 29.6 Å². The molecule has 0 fully saturated rings. The number of halogens is 4. The number of carbonyl (C=O) groups is 2. The fraction of sp³-hybridized carbons (Fsp3) is 0.348. The highest BCUT2D eigenvalue weighted by Gasteiger charge is 2.47. The number of thiophene rings is 1. The number of ether oxygens (including phenoxy) is 2. The molecule has 1 atom stereocenters. The van der Waals surface area contributed by atoms with Gasteiger partial charge in [-0.3, -0.25) is 4.79 Å². The second-order valence-electron chi connectivity index (χ2n) is 8.23. The fourth-order valence-electron chi connectivity index (χ4n) is 4.21. The first-order chi connectivity index (χ1) is 16.5. The average Bonchev–Trinajstić information content (AvgIpc) is 3.44. The molecule has 12 heteroatoms. The molecular weight excluding hydrogens is 551 g/mol. The second kappa shape index (κ2) is 9.30. The molecule has 1 aromatic carbocycles. The number of hydrogen-bond donors (Lipinski definition) is 1. The molecule has 3 aromatic rings. The Morgan fingerprint density at radius 1 is 1.29 bits per heavy atom. The van der Waals surface area contributed by atoms with E-state index in [4.69, 9.17) is 4.74 Å². The van der Waals surface area contributed by atoms with E-state index < -0.39 is 30.0 Å². The van der Waals surface area contributed by atoms with Crippen molar-refractivity contribution < 1.29 is 32.2 Å². The zero-order valence-electron chi connectivity index (χ0n) is 19.0. The third-order valence-electron chi connectivity index (χ3n) is 5.74. The van der Waals surface area contributed by atoms with E-state index in [0.717, 1.165) is 30.0 Å². The molecule has 0 saturated carbocycles. The molecule has 4 rings (SSSR count). The van der Waals surface area contributed by atoms with Crippen molar-refractivity contribution in [2.24, 2.45) is 0 Å². The highest BCUT2D eigenvalue weighted by Crippen LogP contribution is 2.43. The van der Waals surface area contributed by atoms with Crippen molar-refractivity contribution in [3.05, 3.63) is 45.5 Å². The molecule has 3 heterocycles. The van der Waals surface area contributed by atoms with Crippen LogP contribution in [0.3, 0.4) is 0 Å². The van der Waals surface area contributed by atoms with Crippen LogP contribution in [0.2, 0.25) is 0 Å². The summed E-state index contributed by atoms with van der Waals surface area (Å²) in [7, 11) is 2.54. The lowest BCUT2D eigenvalue weighted by molar-refractivity contribution is -0.169. The highest BCUT2D eigenvalue weighted by atomic mass is 79.9. The van der Waals surface area contributed by atoms with Gasteiger partial charge >= 0.3 is 12.1 Å². The molecule has 1 aliphatic heterocycles. The van der Waals surface area contributed by atoms with Crippen molar-refractivity contribution >= 4 is 39.1 Å². The normalized spacial score (nSPS) is 14.5. The van der Waals surface area contributed by atoms with Gasteiger partial charge in [0.2, 0.25) is 0 Å². The summed E-state index contributed by atoms with van der Waals surface area (Å²) < 4.78 is 52.1. The van der Waals surface area contributed by atoms with E-state index >= 15 is 0 Å².